The number of benzene rings is 5. The quantitative estimate of drug-likeness (QED) is 0.0727. The molecule has 1 atom stereocenters. The summed E-state index contributed by atoms with van der Waals surface area (Å²) < 4.78 is 25.1. The number of hydrogen-bond donors (Lipinski definition) is 0. The molecule has 1 unspecified atom stereocenters. The number of hydrogen-bond acceptors (Lipinski definition) is 9. The van der Waals surface area contributed by atoms with Gasteiger partial charge >= 0.3 is 0 Å². The predicted octanol–water partition coefficient (Wildman–Crippen LogP) is 18.6. The van der Waals surface area contributed by atoms with Crippen LogP contribution in [-0.4, -0.2) is 31.7 Å². The fraction of sp³-hybridized carbons (Fsp3) is 0.274. The summed E-state index contributed by atoms with van der Waals surface area (Å²) in [6.45, 7) is 25.5. The Kier molecular flexibility index (Phi) is 20.2. The van der Waals surface area contributed by atoms with Gasteiger partial charge in [0.25, 0.3) is 0 Å². The van der Waals surface area contributed by atoms with Crippen molar-refractivity contribution < 1.29 is 28.5 Å². The van der Waals surface area contributed by atoms with Gasteiger partial charge in [0.2, 0.25) is 0 Å². The van der Waals surface area contributed by atoms with Gasteiger partial charge in [-0.05, 0) is 180 Å². The van der Waals surface area contributed by atoms with Crippen LogP contribution in [0.3, 0.4) is 0 Å². The molecule has 4 aliphatic heterocycles. The highest BCUT2D eigenvalue weighted by molar-refractivity contribution is 6.40. The zero-order chi connectivity index (χ0) is 56.2. The topological polar surface area (TPSA) is 101 Å². The predicted molar refractivity (Wildman–Crippen MR) is 340 cm³/mol. The van der Waals surface area contributed by atoms with Crippen molar-refractivity contribution in [1.82, 2.24) is 0 Å². The summed E-state index contributed by atoms with van der Waals surface area (Å²) in [6, 6.07) is 35.1. The van der Waals surface area contributed by atoms with E-state index in [1.807, 2.05) is 37.3 Å². The van der Waals surface area contributed by atoms with Crippen LogP contribution in [0.2, 0.25) is 0 Å². The maximum atomic E-state index is 13.1. The normalized spacial score (nSPS) is 16.7. The first-order chi connectivity index (χ1) is 37.9. The molecule has 0 N–H and O–H groups in total. The summed E-state index contributed by atoms with van der Waals surface area (Å²) in [5, 5.41) is 9.59. The van der Waals surface area contributed by atoms with Gasteiger partial charge in [-0.15, -0.1) is 0 Å². The lowest BCUT2D eigenvalue weighted by molar-refractivity contribution is 0.0987. The van der Waals surface area contributed by atoms with Gasteiger partial charge in [0.1, 0.15) is 46.1 Å². The lowest BCUT2D eigenvalue weighted by Gasteiger charge is -2.25. The average Bonchev–Trinajstić information content (AvgIpc) is 3.22. The number of fused-ring (bicyclic) bond motifs is 3. The van der Waals surface area contributed by atoms with Crippen LogP contribution in [0.15, 0.2) is 197 Å². The number of nitriles is 1. The molecule has 0 saturated carbocycles. The van der Waals surface area contributed by atoms with Crippen molar-refractivity contribution in [2.75, 3.05) is 29.9 Å². The fourth-order valence-electron chi connectivity index (χ4n) is 10.7. The number of Topliss-reactive ketones (excluding diaryl/α,β-unsaturated/α-hetero) is 2. The Hall–Kier alpha value is -8.87. The summed E-state index contributed by atoms with van der Waals surface area (Å²) >= 11 is 0. The standard InChI is InChI=1S/C38H35NO4.C32H34N2O2.3CH4/c1-6-23(2)27-13-11-26(12-14-27)22-39(5)29-15-16-32-24(3)17-30(43-35(32)20-29)21-31-19-28(18-25(4)42-31)36-37(40)33-9-7-8-10-34(33)38(36)41;1-8-34(9-2)26-10-11-29-21(4)14-27(35-30(29)17-26)18-28-15-25(24(7)19-33)16-31(36-28)32-22(5)12-20(3)13-23(32)6;;;/h7-21,23H,6,22H2,1-5H3;10-18H,8-9H2,1-7H3;3*1H4/b30-21+;25-24+,27-18+;;;. The lowest BCUT2D eigenvalue weighted by atomic mass is 9.95. The Morgan fingerprint density at radius 3 is 1.70 bits per heavy atom. The molecule has 5 aliphatic rings. The zero-order valence-corrected chi connectivity index (χ0v) is 47.6. The minimum Gasteiger partial charge on any atom is -0.462 e. The maximum absolute atomic E-state index is 13.1. The number of nitrogens with zero attached hydrogens (tertiary/aromatic N) is 3. The fourth-order valence-corrected chi connectivity index (χ4v) is 10.7. The molecule has 424 valence electrons. The number of ether oxygens (including phenoxy) is 4. The highest BCUT2D eigenvalue weighted by atomic mass is 16.5. The number of carbonyl (C=O) groups is 2. The van der Waals surface area contributed by atoms with Gasteiger partial charge in [-0.1, -0.05) is 102 Å². The molecule has 9 heteroatoms. The van der Waals surface area contributed by atoms with Gasteiger partial charge in [0, 0.05) is 95.7 Å². The van der Waals surface area contributed by atoms with Gasteiger partial charge in [-0.3, -0.25) is 9.59 Å². The molecule has 9 nitrogen and oxygen atoms in total. The van der Waals surface area contributed by atoms with E-state index in [9.17, 15) is 14.9 Å². The highest BCUT2D eigenvalue weighted by Crippen LogP contribution is 2.41. The highest BCUT2D eigenvalue weighted by Gasteiger charge is 2.35. The molecule has 5 aromatic rings. The number of anilines is 2. The largest absolute Gasteiger partial charge is 0.462 e. The molecular weight excluding hydrogens is 1010 g/mol. The molecule has 0 radical (unpaired) electrons. The van der Waals surface area contributed by atoms with Crippen molar-refractivity contribution in [3.63, 3.8) is 0 Å². The third-order valence-corrected chi connectivity index (χ3v) is 15.1. The van der Waals surface area contributed by atoms with Crippen LogP contribution in [0.5, 0.6) is 11.5 Å². The maximum Gasteiger partial charge on any atom is 0.198 e. The summed E-state index contributed by atoms with van der Waals surface area (Å²) in [6.07, 6.45) is 16.2. The van der Waals surface area contributed by atoms with Crippen molar-refractivity contribution in [3.8, 4) is 17.6 Å². The van der Waals surface area contributed by atoms with E-state index >= 15 is 0 Å². The van der Waals surface area contributed by atoms with Gasteiger partial charge in [0.05, 0.1) is 11.6 Å². The minimum absolute atomic E-state index is 0. The molecule has 0 fully saturated rings. The van der Waals surface area contributed by atoms with Gasteiger partial charge < -0.3 is 28.7 Å². The van der Waals surface area contributed by atoms with E-state index in [4.69, 9.17) is 18.9 Å². The molecule has 10 rings (SSSR count). The Morgan fingerprint density at radius 2 is 1.16 bits per heavy atom. The molecule has 4 heterocycles. The van der Waals surface area contributed by atoms with Crippen LogP contribution in [0, 0.1) is 32.1 Å². The summed E-state index contributed by atoms with van der Waals surface area (Å²) in [5.41, 5.74) is 16.8. The smallest absolute Gasteiger partial charge is 0.198 e. The van der Waals surface area contributed by atoms with E-state index in [0.717, 1.165) is 99.2 Å². The van der Waals surface area contributed by atoms with E-state index in [2.05, 4.69) is 158 Å². The molecule has 0 saturated heterocycles. The van der Waals surface area contributed by atoms with E-state index in [1.165, 1.54) is 16.7 Å². The van der Waals surface area contributed by atoms with Crippen LogP contribution in [-0.2, 0) is 16.0 Å². The van der Waals surface area contributed by atoms with Gasteiger partial charge in [-0.25, -0.2) is 0 Å². The van der Waals surface area contributed by atoms with E-state index in [0.29, 0.717) is 57.0 Å². The molecule has 1 aliphatic carbocycles. The van der Waals surface area contributed by atoms with E-state index < -0.39 is 0 Å². The first kappa shape index (κ1) is 62.3. The van der Waals surface area contributed by atoms with Crippen molar-refractivity contribution >= 4 is 39.8 Å². The molecular formula is C73H81N3O6. The van der Waals surface area contributed by atoms with Crippen molar-refractivity contribution in [1.29, 1.82) is 5.26 Å². The monoisotopic (exact) mass is 1100 g/mol. The van der Waals surface area contributed by atoms with Crippen molar-refractivity contribution in [2.45, 2.75) is 117 Å². The van der Waals surface area contributed by atoms with Gasteiger partial charge in [-0.2, -0.15) is 5.26 Å². The average molecular weight is 1100 g/mol. The van der Waals surface area contributed by atoms with Crippen LogP contribution in [0.1, 0.15) is 155 Å². The molecule has 5 aromatic carbocycles. The molecule has 0 aromatic heterocycles. The molecule has 82 heavy (non-hydrogen) atoms. The Balaban J connectivity index is 0.000000258. The summed E-state index contributed by atoms with van der Waals surface area (Å²) in [4.78, 5) is 30.7. The number of rotatable bonds is 11. The first-order valence-electron chi connectivity index (χ1n) is 27.3. The van der Waals surface area contributed by atoms with E-state index in [-0.39, 0.29) is 39.4 Å². The summed E-state index contributed by atoms with van der Waals surface area (Å²) in [7, 11) is 2.08. The van der Waals surface area contributed by atoms with Crippen LogP contribution in [0.4, 0.5) is 11.4 Å². The summed E-state index contributed by atoms with van der Waals surface area (Å²) in [5.74, 6) is 5.43. The Bertz CT molecular complexity index is 3630. The third kappa shape index (κ3) is 13.3. The Labute approximate surface area is 488 Å². The van der Waals surface area contributed by atoms with Crippen molar-refractivity contribution in [2.24, 2.45) is 0 Å². The first-order valence-corrected chi connectivity index (χ1v) is 27.3. The Morgan fingerprint density at radius 1 is 0.622 bits per heavy atom. The van der Waals surface area contributed by atoms with Crippen LogP contribution in [0.25, 0.3) is 16.9 Å². The second-order valence-corrected chi connectivity index (χ2v) is 21.0. The molecule has 0 bridgehead atoms. The van der Waals surface area contributed by atoms with Crippen LogP contribution >= 0.6 is 0 Å². The van der Waals surface area contributed by atoms with E-state index in [1.54, 1.807) is 49.4 Å². The zero-order valence-electron chi connectivity index (χ0n) is 47.6. The lowest BCUT2D eigenvalue weighted by Crippen LogP contribution is -2.21. The molecule has 0 amide bonds. The third-order valence-electron chi connectivity index (χ3n) is 15.1. The SMILES string of the molecule is C.C.C.CCC(C)c1ccc(CN(C)c2ccc3c(c2)O/C(=C/C2=CC(=C4C(=O)c5ccccc5C4=O)C=C(C)O2)C=C3C)cc1.CCN(CC)c1ccc2c(c1)O/C(=C/C1=CC(=C(/C)C#N)/C=C(c3c(C)cc(C)cc3C)O1)C=C2C. The van der Waals surface area contributed by atoms with Crippen molar-refractivity contribution in [3.05, 3.63) is 252 Å². The van der Waals surface area contributed by atoms with Crippen LogP contribution < -0.4 is 19.3 Å². The second kappa shape index (κ2) is 26.6. The van der Waals surface area contributed by atoms with Gasteiger partial charge in [0.15, 0.2) is 11.6 Å². The number of carbonyl (C=O) groups excluding carboxylic acids is 2. The number of ketones is 2. The molecule has 0 spiro atoms. The minimum atomic E-state index is -0.258. The number of allylic oxidation sites excluding steroid dienone is 15. The number of aryl methyl sites for hydroxylation is 3. The second-order valence-electron chi connectivity index (χ2n) is 21.0.